The topological polar surface area (TPSA) is 62.8 Å². The van der Waals surface area contributed by atoms with Crippen LogP contribution in [0.1, 0.15) is 0 Å². The first-order chi connectivity index (χ1) is 13.4. The van der Waals surface area contributed by atoms with E-state index < -0.39 is 9.84 Å². The van der Waals surface area contributed by atoms with E-state index in [1.54, 1.807) is 24.3 Å². The van der Waals surface area contributed by atoms with Gasteiger partial charge >= 0.3 is 0 Å². The lowest BCUT2D eigenvalue weighted by Crippen LogP contribution is -1.96. The maximum Gasteiger partial charge on any atom is 0.175 e. The van der Waals surface area contributed by atoms with Gasteiger partial charge in [-0.25, -0.2) is 13.4 Å². The van der Waals surface area contributed by atoms with Gasteiger partial charge in [0.25, 0.3) is 0 Å². The highest BCUT2D eigenvalue weighted by Gasteiger charge is 2.16. The minimum absolute atomic E-state index is 0.284. The van der Waals surface area contributed by atoms with Gasteiger partial charge in [-0.2, -0.15) is 0 Å². The van der Waals surface area contributed by atoms with Crippen LogP contribution < -0.4 is 0 Å². The number of sulfone groups is 1. The SMILES string of the molecule is CS(=O)(=O)c1ccc(-c2[nH]c(-c3ccccc3)nc2-c2ccc(Cl)cc2)cc1. The van der Waals surface area contributed by atoms with Gasteiger partial charge in [0.2, 0.25) is 0 Å². The maximum atomic E-state index is 11.8. The van der Waals surface area contributed by atoms with Crippen molar-refractivity contribution in [1.82, 2.24) is 9.97 Å². The van der Waals surface area contributed by atoms with E-state index >= 15 is 0 Å². The number of aromatic nitrogens is 2. The van der Waals surface area contributed by atoms with E-state index in [2.05, 4.69) is 4.98 Å². The van der Waals surface area contributed by atoms with Crippen LogP contribution in [0.3, 0.4) is 0 Å². The Hall–Kier alpha value is -2.89. The van der Waals surface area contributed by atoms with Crippen molar-refractivity contribution in [3.05, 3.63) is 83.9 Å². The Kier molecular flexibility index (Phi) is 4.79. The Bertz CT molecular complexity index is 1210. The molecule has 0 spiro atoms. The molecule has 6 heteroatoms. The van der Waals surface area contributed by atoms with Crippen molar-refractivity contribution in [2.75, 3.05) is 6.26 Å². The molecule has 4 nitrogen and oxygen atoms in total. The number of H-pyrrole nitrogens is 1. The van der Waals surface area contributed by atoms with Crippen LogP contribution in [0.4, 0.5) is 0 Å². The van der Waals surface area contributed by atoms with Crippen LogP contribution in [0, 0.1) is 0 Å². The number of nitrogens with zero attached hydrogens (tertiary/aromatic N) is 1. The molecule has 0 fully saturated rings. The quantitative estimate of drug-likeness (QED) is 0.487. The van der Waals surface area contributed by atoms with Crippen LogP contribution in [-0.4, -0.2) is 24.6 Å². The molecule has 0 aliphatic rings. The van der Waals surface area contributed by atoms with E-state index in [1.165, 1.54) is 6.26 Å². The Balaban J connectivity index is 1.87. The molecule has 3 aromatic carbocycles. The third-order valence-electron chi connectivity index (χ3n) is 4.44. The fourth-order valence-electron chi connectivity index (χ4n) is 3.00. The minimum Gasteiger partial charge on any atom is -0.337 e. The molecule has 0 unspecified atom stereocenters. The zero-order valence-corrected chi connectivity index (χ0v) is 16.6. The van der Waals surface area contributed by atoms with Crippen molar-refractivity contribution in [3.8, 4) is 33.9 Å². The zero-order valence-electron chi connectivity index (χ0n) is 15.1. The fraction of sp³-hybridized carbons (Fsp3) is 0.0455. The van der Waals surface area contributed by atoms with Gasteiger partial charge in [-0.1, -0.05) is 66.2 Å². The third-order valence-corrected chi connectivity index (χ3v) is 5.82. The Morgan fingerprint density at radius 2 is 1.39 bits per heavy atom. The Labute approximate surface area is 168 Å². The predicted molar refractivity (Wildman–Crippen MR) is 113 cm³/mol. The smallest absolute Gasteiger partial charge is 0.175 e. The van der Waals surface area contributed by atoms with Gasteiger partial charge in [0, 0.05) is 28.0 Å². The number of benzene rings is 3. The second-order valence-corrected chi connectivity index (χ2v) is 8.93. The molecule has 0 amide bonds. The first-order valence-electron chi connectivity index (χ1n) is 8.64. The molecule has 0 saturated heterocycles. The molecule has 0 saturated carbocycles. The van der Waals surface area contributed by atoms with E-state index in [0.717, 1.165) is 33.9 Å². The lowest BCUT2D eigenvalue weighted by molar-refractivity contribution is 0.602. The maximum absolute atomic E-state index is 11.8. The molecule has 1 heterocycles. The summed E-state index contributed by atoms with van der Waals surface area (Å²) in [6.07, 6.45) is 1.20. The first kappa shape index (κ1) is 18.5. The summed E-state index contributed by atoms with van der Waals surface area (Å²) in [5, 5.41) is 0.654. The molecule has 1 N–H and O–H groups in total. The Morgan fingerprint density at radius 1 is 0.786 bits per heavy atom. The number of halogens is 1. The summed E-state index contributed by atoms with van der Waals surface area (Å²) in [6.45, 7) is 0. The van der Waals surface area contributed by atoms with Crippen LogP contribution in [-0.2, 0) is 9.84 Å². The van der Waals surface area contributed by atoms with Gasteiger partial charge in [0.05, 0.1) is 16.3 Å². The summed E-state index contributed by atoms with van der Waals surface area (Å²) in [7, 11) is -3.25. The fourth-order valence-corrected chi connectivity index (χ4v) is 3.76. The van der Waals surface area contributed by atoms with Crippen molar-refractivity contribution >= 4 is 21.4 Å². The third kappa shape index (κ3) is 3.72. The molecule has 1 aromatic heterocycles. The monoisotopic (exact) mass is 408 g/mol. The molecule has 140 valence electrons. The lowest BCUT2D eigenvalue weighted by atomic mass is 10.1. The van der Waals surface area contributed by atoms with Gasteiger partial charge in [0.15, 0.2) is 9.84 Å². The average molecular weight is 409 g/mol. The summed E-state index contributed by atoms with van der Waals surface area (Å²) < 4.78 is 23.5. The van der Waals surface area contributed by atoms with Gasteiger partial charge in [-0.05, 0) is 24.3 Å². The van der Waals surface area contributed by atoms with Crippen molar-refractivity contribution in [2.45, 2.75) is 4.90 Å². The second-order valence-electron chi connectivity index (χ2n) is 6.48. The minimum atomic E-state index is -3.25. The molecule has 0 aliphatic heterocycles. The van der Waals surface area contributed by atoms with E-state index in [9.17, 15) is 8.42 Å². The summed E-state index contributed by atoms with van der Waals surface area (Å²) >= 11 is 6.03. The van der Waals surface area contributed by atoms with Crippen molar-refractivity contribution in [2.24, 2.45) is 0 Å². The molecular formula is C22H17ClN2O2S. The van der Waals surface area contributed by atoms with E-state index in [-0.39, 0.29) is 4.90 Å². The second kappa shape index (κ2) is 7.26. The van der Waals surface area contributed by atoms with Gasteiger partial charge in [-0.3, -0.25) is 0 Å². The first-order valence-corrected chi connectivity index (χ1v) is 10.9. The van der Waals surface area contributed by atoms with Crippen molar-refractivity contribution in [3.63, 3.8) is 0 Å². The van der Waals surface area contributed by atoms with Crippen LogP contribution in [0.5, 0.6) is 0 Å². The zero-order chi connectivity index (χ0) is 19.7. The molecular weight excluding hydrogens is 392 g/mol. The number of hydrogen-bond acceptors (Lipinski definition) is 3. The lowest BCUT2D eigenvalue weighted by Gasteiger charge is -2.05. The van der Waals surface area contributed by atoms with E-state index in [4.69, 9.17) is 16.6 Å². The predicted octanol–water partition coefficient (Wildman–Crippen LogP) is 5.47. The summed E-state index contributed by atoms with van der Waals surface area (Å²) in [4.78, 5) is 8.49. The van der Waals surface area contributed by atoms with Crippen LogP contribution in [0.25, 0.3) is 33.9 Å². The Morgan fingerprint density at radius 3 is 2.00 bits per heavy atom. The highest BCUT2D eigenvalue weighted by Crippen LogP contribution is 2.34. The molecule has 0 atom stereocenters. The number of hydrogen-bond donors (Lipinski definition) is 1. The standard InChI is InChI=1S/C22H17ClN2O2S/c1-28(26,27)19-13-9-16(10-14-19)21-20(15-7-11-18(23)12-8-15)24-22(25-21)17-5-3-2-4-6-17/h2-14H,1H3,(H,24,25). The molecule has 0 radical (unpaired) electrons. The van der Waals surface area contributed by atoms with Gasteiger partial charge < -0.3 is 4.98 Å². The largest absolute Gasteiger partial charge is 0.337 e. The molecule has 4 rings (SSSR count). The highest BCUT2D eigenvalue weighted by atomic mass is 35.5. The van der Waals surface area contributed by atoms with E-state index in [1.807, 2.05) is 54.6 Å². The van der Waals surface area contributed by atoms with Gasteiger partial charge in [-0.15, -0.1) is 0 Å². The number of rotatable bonds is 4. The molecule has 0 bridgehead atoms. The summed E-state index contributed by atoms with van der Waals surface area (Å²) in [5.74, 6) is 0.743. The van der Waals surface area contributed by atoms with Crippen LogP contribution in [0.15, 0.2) is 83.8 Å². The molecule has 28 heavy (non-hydrogen) atoms. The average Bonchev–Trinajstić information content (AvgIpc) is 3.14. The van der Waals surface area contributed by atoms with Crippen LogP contribution in [0.2, 0.25) is 5.02 Å². The molecule has 4 aromatic rings. The number of imidazole rings is 1. The van der Waals surface area contributed by atoms with Crippen LogP contribution >= 0.6 is 11.6 Å². The summed E-state index contributed by atoms with van der Waals surface area (Å²) in [5.41, 5.74) is 4.35. The molecule has 0 aliphatic carbocycles. The van der Waals surface area contributed by atoms with Gasteiger partial charge in [0.1, 0.15) is 5.82 Å². The number of aromatic amines is 1. The van der Waals surface area contributed by atoms with Crippen molar-refractivity contribution in [1.29, 1.82) is 0 Å². The van der Waals surface area contributed by atoms with E-state index in [0.29, 0.717) is 5.02 Å². The highest BCUT2D eigenvalue weighted by molar-refractivity contribution is 7.90. The van der Waals surface area contributed by atoms with Crippen molar-refractivity contribution < 1.29 is 8.42 Å². The summed E-state index contributed by atoms with van der Waals surface area (Å²) in [6, 6.07) is 24.1. The number of nitrogens with one attached hydrogen (secondary N) is 1. The normalized spacial score (nSPS) is 11.5.